The van der Waals surface area contributed by atoms with Crippen molar-refractivity contribution in [2.24, 2.45) is 0 Å². The summed E-state index contributed by atoms with van der Waals surface area (Å²) >= 11 is 0. The predicted octanol–water partition coefficient (Wildman–Crippen LogP) is 0.780. The number of carbonyl (C=O) groups excluding carboxylic acids is 1. The molecule has 2 N–H and O–H groups in total. The van der Waals surface area contributed by atoms with Gasteiger partial charge in [0.05, 0.1) is 0 Å². The van der Waals surface area contributed by atoms with Crippen molar-refractivity contribution >= 4 is 21.8 Å². The molecular weight excluding hydrogens is 282 g/mol. The Balaban J connectivity index is 2.94. The first-order chi connectivity index (χ1) is 9.01. The number of hydrogen-bond donors (Lipinski definition) is 1. The molecule has 0 bridgehead atoms. The van der Waals surface area contributed by atoms with E-state index in [0.717, 1.165) is 0 Å². The molecule has 8 heteroatoms. The first kappa shape index (κ1) is 16.2. The molecular formula is C12H20N3O4S+. The molecule has 0 radical (unpaired) electrons. The van der Waals surface area contributed by atoms with Crippen molar-refractivity contribution in [3.05, 3.63) is 18.3 Å². The van der Waals surface area contributed by atoms with Gasteiger partial charge in [0.15, 0.2) is 6.20 Å². The van der Waals surface area contributed by atoms with Crippen LogP contribution in [0.2, 0.25) is 0 Å². The lowest BCUT2D eigenvalue weighted by atomic mass is 10.2. The van der Waals surface area contributed by atoms with Gasteiger partial charge < -0.3 is 9.64 Å². The molecule has 7 nitrogen and oxygen atoms in total. The van der Waals surface area contributed by atoms with E-state index < -0.39 is 21.7 Å². The third-order valence-corrected chi connectivity index (χ3v) is 3.43. The molecule has 0 fully saturated rings. The number of pyridine rings is 1. The zero-order chi connectivity index (χ0) is 15.6. The summed E-state index contributed by atoms with van der Waals surface area (Å²) in [7, 11) is -0.425. The number of sulfonamides is 1. The second-order valence-corrected chi connectivity index (χ2v) is 7.06. The summed E-state index contributed by atoms with van der Waals surface area (Å²) in [6.07, 6.45) is 0.472. The minimum absolute atomic E-state index is 0.116. The Morgan fingerprint density at radius 2 is 1.95 bits per heavy atom. The topological polar surface area (TPSA) is 89.9 Å². The quantitative estimate of drug-likeness (QED) is 0.891. The van der Waals surface area contributed by atoms with Crippen LogP contribution >= 0.6 is 0 Å². The van der Waals surface area contributed by atoms with Crippen LogP contribution in [0.1, 0.15) is 20.8 Å². The number of hydrogen-bond acceptors (Lipinski definition) is 5. The van der Waals surface area contributed by atoms with Gasteiger partial charge in [0.1, 0.15) is 5.60 Å². The standard InChI is InChI=1S/C12H19N3O4S/c1-12(2,3)19-11(16)14-20(17,18)10-8-9(15(4)5)6-7-13-10/h6-8H,1-5H3,(H,14,16)/p+1. The lowest BCUT2D eigenvalue weighted by Gasteiger charge is -2.19. The number of rotatable bonds is 3. The molecule has 1 aromatic rings. The molecule has 0 aliphatic heterocycles. The average Bonchev–Trinajstić information content (AvgIpc) is 2.25. The first-order valence-electron chi connectivity index (χ1n) is 5.96. The van der Waals surface area contributed by atoms with Gasteiger partial charge in [-0.25, -0.2) is 14.5 Å². The van der Waals surface area contributed by atoms with Gasteiger partial charge in [-0.2, -0.15) is 8.42 Å². The third-order valence-electron chi connectivity index (χ3n) is 2.18. The Kier molecular flexibility index (Phi) is 4.59. The molecule has 1 aromatic heterocycles. The summed E-state index contributed by atoms with van der Waals surface area (Å²) in [6, 6.07) is 3.14. The molecule has 1 heterocycles. The van der Waals surface area contributed by atoms with Gasteiger partial charge >= 0.3 is 21.1 Å². The molecule has 0 atom stereocenters. The Labute approximate surface area is 119 Å². The minimum Gasteiger partial charge on any atom is -0.443 e. The molecule has 0 aliphatic carbocycles. The SMILES string of the molecule is CN(C)c1cc[nH+]c(S(=O)(=O)NC(=O)OC(C)(C)C)c1. The molecule has 0 saturated carbocycles. The maximum atomic E-state index is 12.0. The molecule has 20 heavy (non-hydrogen) atoms. The van der Waals surface area contributed by atoms with Crippen LogP contribution in [0, 0.1) is 0 Å². The Morgan fingerprint density at radius 1 is 1.35 bits per heavy atom. The second-order valence-electron chi connectivity index (χ2n) is 5.41. The maximum Gasteiger partial charge on any atom is 0.421 e. The van der Waals surface area contributed by atoms with E-state index in [1.54, 1.807) is 45.8 Å². The smallest absolute Gasteiger partial charge is 0.421 e. The van der Waals surface area contributed by atoms with Crippen molar-refractivity contribution in [1.82, 2.24) is 4.72 Å². The number of amides is 1. The van der Waals surface area contributed by atoms with E-state index in [1.807, 2.05) is 4.72 Å². The summed E-state index contributed by atoms with van der Waals surface area (Å²) in [5.74, 6) is 0. The van der Waals surface area contributed by atoms with Crippen LogP contribution in [-0.4, -0.2) is 34.2 Å². The summed E-state index contributed by atoms with van der Waals surface area (Å²) in [6.45, 7) is 4.95. The van der Waals surface area contributed by atoms with E-state index in [9.17, 15) is 13.2 Å². The van der Waals surface area contributed by atoms with E-state index >= 15 is 0 Å². The van der Waals surface area contributed by atoms with Crippen molar-refractivity contribution in [1.29, 1.82) is 0 Å². The summed E-state index contributed by atoms with van der Waals surface area (Å²) in [5.41, 5.74) is -0.0808. The fourth-order valence-electron chi connectivity index (χ4n) is 1.33. The van der Waals surface area contributed by atoms with Crippen molar-refractivity contribution in [2.75, 3.05) is 19.0 Å². The van der Waals surface area contributed by atoms with Crippen LogP contribution < -0.4 is 14.6 Å². The highest BCUT2D eigenvalue weighted by Crippen LogP contribution is 2.13. The third kappa shape index (κ3) is 4.69. The zero-order valence-electron chi connectivity index (χ0n) is 12.2. The zero-order valence-corrected chi connectivity index (χ0v) is 13.0. The van der Waals surface area contributed by atoms with Crippen molar-refractivity contribution in [3.8, 4) is 0 Å². The second kappa shape index (κ2) is 5.66. The summed E-state index contributed by atoms with van der Waals surface area (Å²) in [5, 5.41) is -0.116. The number of aromatic amines is 1. The summed E-state index contributed by atoms with van der Waals surface area (Å²) < 4.78 is 30.9. The predicted molar refractivity (Wildman–Crippen MR) is 73.9 cm³/mol. The Hall–Kier alpha value is -1.83. The molecule has 0 unspecified atom stereocenters. The molecule has 0 aliphatic rings. The fourth-order valence-corrected chi connectivity index (χ4v) is 2.20. The van der Waals surface area contributed by atoms with Crippen LogP contribution in [0.25, 0.3) is 0 Å². The van der Waals surface area contributed by atoms with Crippen LogP contribution in [-0.2, 0) is 14.8 Å². The fraction of sp³-hybridized carbons (Fsp3) is 0.500. The van der Waals surface area contributed by atoms with E-state index in [-0.39, 0.29) is 5.03 Å². The molecule has 0 aromatic carbocycles. The van der Waals surface area contributed by atoms with Crippen molar-refractivity contribution in [2.45, 2.75) is 31.4 Å². The number of H-pyrrole nitrogens is 1. The van der Waals surface area contributed by atoms with Crippen LogP contribution in [0.4, 0.5) is 10.5 Å². The Bertz CT molecular complexity index is 591. The number of carbonyl (C=O) groups is 1. The van der Waals surface area contributed by atoms with E-state index in [2.05, 4.69) is 4.98 Å². The number of nitrogens with zero attached hydrogens (tertiary/aromatic N) is 1. The number of aromatic nitrogens is 1. The van der Waals surface area contributed by atoms with E-state index in [4.69, 9.17) is 4.74 Å². The van der Waals surface area contributed by atoms with Crippen LogP contribution in [0.3, 0.4) is 0 Å². The molecule has 0 spiro atoms. The van der Waals surface area contributed by atoms with Gasteiger partial charge in [0.2, 0.25) is 0 Å². The van der Waals surface area contributed by atoms with E-state index in [0.29, 0.717) is 5.69 Å². The first-order valence-corrected chi connectivity index (χ1v) is 7.44. The maximum absolute atomic E-state index is 12.0. The normalized spacial score (nSPS) is 11.8. The number of ether oxygens (including phenoxy) is 1. The van der Waals surface area contributed by atoms with Gasteiger partial charge in [0.25, 0.3) is 0 Å². The van der Waals surface area contributed by atoms with Crippen molar-refractivity contribution in [3.63, 3.8) is 0 Å². The lowest BCUT2D eigenvalue weighted by molar-refractivity contribution is -0.428. The van der Waals surface area contributed by atoms with Gasteiger partial charge in [-0.3, -0.25) is 0 Å². The number of anilines is 1. The molecule has 0 saturated heterocycles. The monoisotopic (exact) mass is 302 g/mol. The van der Waals surface area contributed by atoms with Crippen LogP contribution in [0.15, 0.2) is 23.4 Å². The van der Waals surface area contributed by atoms with Crippen molar-refractivity contribution < 1.29 is 22.9 Å². The van der Waals surface area contributed by atoms with E-state index in [1.165, 1.54) is 12.3 Å². The van der Waals surface area contributed by atoms with Gasteiger partial charge in [0, 0.05) is 31.9 Å². The largest absolute Gasteiger partial charge is 0.443 e. The van der Waals surface area contributed by atoms with Gasteiger partial charge in [-0.05, 0) is 20.8 Å². The van der Waals surface area contributed by atoms with Crippen LogP contribution in [0.5, 0.6) is 0 Å². The highest BCUT2D eigenvalue weighted by Gasteiger charge is 2.27. The number of nitrogens with one attached hydrogen (secondary N) is 2. The molecule has 112 valence electrons. The minimum atomic E-state index is -3.99. The highest BCUT2D eigenvalue weighted by molar-refractivity contribution is 7.89. The van der Waals surface area contributed by atoms with Gasteiger partial charge in [-0.15, -0.1) is 0 Å². The molecule has 1 amide bonds. The Morgan fingerprint density at radius 3 is 2.45 bits per heavy atom. The molecule has 1 rings (SSSR count). The lowest BCUT2D eigenvalue weighted by Crippen LogP contribution is -2.38. The van der Waals surface area contributed by atoms with Gasteiger partial charge in [-0.1, -0.05) is 0 Å². The average molecular weight is 302 g/mol. The summed E-state index contributed by atoms with van der Waals surface area (Å²) in [4.78, 5) is 15.9. The highest BCUT2D eigenvalue weighted by atomic mass is 32.2.